The summed E-state index contributed by atoms with van der Waals surface area (Å²) in [5.74, 6) is -0.100. The maximum atomic E-state index is 12.3. The minimum atomic E-state index is -0.260. The molecule has 1 unspecified atom stereocenters. The van der Waals surface area contributed by atoms with Crippen molar-refractivity contribution in [2.75, 3.05) is 44.3 Å². The summed E-state index contributed by atoms with van der Waals surface area (Å²) >= 11 is 0. The summed E-state index contributed by atoms with van der Waals surface area (Å²) in [5, 5.41) is 14.4. The van der Waals surface area contributed by atoms with Crippen LogP contribution in [0.5, 0.6) is 0 Å². The molecule has 0 saturated carbocycles. The fraction of sp³-hybridized carbons (Fsp3) is 0.455. The molecular weight excluding hydrogens is 410 g/mol. The number of amides is 1. The number of nitrogens with zero attached hydrogens (tertiary/aromatic N) is 6. The largest absolute Gasteiger partial charge is 0.441 e. The highest BCUT2D eigenvalue weighted by atomic mass is 16.6. The lowest BCUT2D eigenvalue weighted by molar-refractivity contribution is -0.104. The first-order valence-corrected chi connectivity index (χ1v) is 10.8. The van der Waals surface area contributed by atoms with Gasteiger partial charge in [-0.2, -0.15) is 10.4 Å². The zero-order valence-corrected chi connectivity index (χ0v) is 17.9. The Kier molecular flexibility index (Phi) is 5.41. The summed E-state index contributed by atoms with van der Waals surface area (Å²) in [6.07, 6.45) is 5.17. The van der Waals surface area contributed by atoms with Crippen LogP contribution in [0.25, 0.3) is 22.3 Å². The Morgan fingerprint density at radius 3 is 2.91 bits per heavy atom. The van der Waals surface area contributed by atoms with E-state index in [0.717, 1.165) is 41.1 Å². The van der Waals surface area contributed by atoms with Gasteiger partial charge in [0.25, 0.3) is 0 Å². The van der Waals surface area contributed by atoms with E-state index < -0.39 is 0 Å². The zero-order chi connectivity index (χ0) is 22.1. The Labute approximate surface area is 185 Å². The van der Waals surface area contributed by atoms with E-state index in [4.69, 9.17) is 14.7 Å². The minimum absolute atomic E-state index is 0.100. The third-order valence-electron chi connectivity index (χ3n) is 5.89. The van der Waals surface area contributed by atoms with Crippen LogP contribution in [0.2, 0.25) is 0 Å². The molecule has 3 aromatic rings. The lowest BCUT2D eigenvalue weighted by Gasteiger charge is -2.37. The number of pyridine rings is 1. The van der Waals surface area contributed by atoms with Gasteiger partial charge in [0.15, 0.2) is 6.10 Å². The van der Waals surface area contributed by atoms with E-state index >= 15 is 0 Å². The molecule has 0 radical (unpaired) electrons. The van der Waals surface area contributed by atoms with Gasteiger partial charge in [0.2, 0.25) is 0 Å². The summed E-state index contributed by atoms with van der Waals surface area (Å²) in [5.41, 5.74) is 3.78. The number of hydrogen-bond acceptors (Lipinski definition) is 7. The van der Waals surface area contributed by atoms with Crippen molar-refractivity contribution in [1.82, 2.24) is 24.6 Å². The number of nitriles is 1. The van der Waals surface area contributed by atoms with Crippen LogP contribution in [0.3, 0.4) is 0 Å². The molecule has 5 heterocycles. The molecule has 0 spiro atoms. The fourth-order valence-corrected chi connectivity index (χ4v) is 4.00. The molecule has 0 aromatic carbocycles. The van der Waals surface area contributed by atoms with Gasteiger partial charge in [-0.1, -0.05) is 0 Å². The molecule has 32 heavy (non-hydrogen) atoms. The number of fused-ring (bicyclic) bond motifs is 1. The standard InChI is InChI=1S/C22H25N7O3/c1-15(9-23)11-29-12-16(10-25-29)19-8-18-20(2-3-24-21(18)26-19)27-4-6-28(7-5-27)22(30)32-17-13-31-14-17/h2-3,8,10,12,15,17H,4-7,11,13-14H2,1H3,(H,24,26). The number of nitrogens with one attached hydrogen (secondary N) is 1. The Bertz CT molecular complexity index is 1150. The monoisotopic (exact) mass is 435 g/mol. The summed E-state index contributed by atoms with van der Waals surface area (Å²) in [6.45, 7) is 6.08. The molecule has 166 valence electrons. The highest BCUT2D eigenvalue weighted by molar-refractivity contribution is 5.93. The minimum Gasteiger partial charge on any atom is -0.441 e. The number of rotatable bonds is 5. The topological polar surface area (TPSA) is 112 Å². The molecule has 1 N–H and O–H groups in total. The molecular formula is C22H25N7O3. The van der Waals surface area contributed by atoms with Crippen LogP contribution in [-0.4, -0.2) is 76.2 Å². The number of ether oxygens (including phenoxy) is 2. The van der Waals surface area contributed by atoms with Crippen molar-refractivity contribution in [2.45, 2.75) is 19.6 Å². The first-order valence-electron chi connectivity index (χ1n) is 10.8. The number of aromatic amines is 1. The van der Waals surface area contributed by atoms with E-state index in [9.17, 15) is 4.79 Å². The van der Waals surface area contributed by atoms with Crippen molar-refractivity contribution in [1.29, 1.82) is 5.26 Å². The summed E-state index contributed by atoms with van der Waals surface area (Å²) in [4.78, 5) is 24.2. The highest BCUT2D eigenvalue weighted by Crippen LogP contribution is 2.31. The maximum absolute atomic E-state index is 12.3. The van der Waals surface area contributed by atoms with Crippen LogP contribution < -0.4 is 4.90 Å². The molecule has 1 amide bonds. The van der Waals surface area contributed by atoms with Crippen LogP contribution in [0, 0.1) is 17.2 Å². The normalized spacial score (nSPS) is 17.8. The van der Waals surface area contributed by atoms with Gasteiger partial charge in [-0.3, -0.25) is 4.68 Å². The van der Waals surface area contributed by atoms with Crippen LogP contribution in [0.15, 0.2) is 30.7 Å². The molecule has 10 heteroatoms. The summed E-state index contributed by atoms with van der Waals surface area (Å²) < 4.78 is 12.3. The predicted octanol–water partition coefficient (Wildman–Crippen LogP) is 2.24. The number of anilines is 1. The molecule has 10 nitrogen and oxygen atoms in total. The van der Waals surface area contributed by atoms with E-state index in [1.165, 1.54) is 0 Å². The Morgan fingerprint density at radius 2 is 2.19 bits per heavy atom. The van der Waals surface area contributed by atoms with E-state index in [2.05, 4.69) is 32.1 Å². The number of hydrogen-bond donors (Lipinski definition) is 1. The first kappa shape index (κ1) is 20.3. The van der Waals surface area contributed by atoms with Gasteiger partial charge < -0.3 is 24.3 Å². The van der Waals surface area contributed by atoms with Gasteiger partial charge in [0.1, 0.15) is 5.65 Å². The molecule has 1 atom stereocenters. The van der Waals surface area contributed by atoms with Crippen LogP contribution in [-0.2, 0) is 16.0 Å². The Balaban J connectivity index is 1.30. The van der Waals surface area contributed by atoms with Crippen LogP contribution in [0.4, 0.5) is 10.5 Å². The third kappa shape index (κ3) is 3.99. The number of carbonyl (C=O) groups is 1. The highest BCUT2D eigenvalue weighted by Gasteiger charge is 2.28. The predicted molar refractivity (Wildman–Crippen MR) is 117 cm³/mol. The van der Waals surface area contributed by atoms with Crippen molar-refractivity contribution in [3.63, 3.8) is 0 Å². The number of carbonyl (C=O) groups excluding carboxylic acids is 1. The van der Waals surface area contributed by atoms with Gasteiger partial charge in [0.05, 0.1) is 43.6 Å². The van der Waals surface area contributed by atoms with Crippen molar-refractivity contribution in [3.05, 3.63) is 30.7 Å². The van der Waals surface area contributed by atoms with Gasteiger partial charge in [0, 0.05) is 55.2 Å². The molecule has 2 fully saturated rings. The molecule has 5 rings (SSSR count). The average Bonchev–Trinajstić information content (AvgIpc) is 3.42. The fourth-order valence-electron chi connectivity index (χ4n) is 4.00. The smallest absolute Gasteiger partial charge is 0.410 e. The summed E-state index contributed by atoms with van der Waals surface area (Å²) in [7, 11) is 0. The second kappa shape index (κ2) is 8.51. The third-order valence-corrected chi connectivity index (χ3v) is 5.89. The Morgan fingerprint density at radius 1 is 1.38 bits per heavy atom. The SMILES string of the molecule is CC(C#N)Cn1cc(-c2cc3c(N4CCN(C(=O)OC5COC5)CC4)ccnc3[nH]2)cn1. The van der Waals surface area contributed by atoms with Gasteiger partial charge in [-0.15, -0.1) is 0 Å². The van der Waals surface area contributed by atoms with Gasteiger partial charge >= 0.3 is 6.09 Å². The molecule has 0 bridgehead atoms. The van der Waals surface area contributed by atoms with E-state index in [1.54, 1.807) is 22.0 Å². The van der Waals surface area contributed by atoms with Crippen LogP contribution >= 0.6 is 0 Å². The zero-order valence-electron chi connectivity index (χ0n) is 17.9. The first-order chi connectivity index (χ1) is 15.6. The van der Waals surface area contributed by atoms with Gasteiger partial charge in [-0.05, 0) is 19.1 Å². The second-order valence-electron chi connectivity index (χ2n) is 8.27. The lowest BCUT2D eigenvalue weighted by atomic mass is 10.2. The average molecular weight is 435 g/mol. The number of aromatic nitrogens is 4. The second-order valence-corrected chi connectivity index (χ2v) is 8.27. The molecule has 3 aromatic heterocycles. The van der Waals surface area contributed by atoms with Crippen molar-refractivity contribution >= 4 is 22.8 Å². The molecule has 2 saturated heterocycles. The quantitative estimate of drug-likeness (QED) is 0.654. The number of piperazine rings is 1. The number of H-pyrrole nitrogens is 1. The van der Waals surface area contributed by atoms with Crippen molar-refractivity contribution < 1.29 is 14.3 Å². The van der Waals surface area contributed by atoms with E-state index in [-0.39, 0.29) is 18.1 Å². The van der Waals surface area contributed by atoms with Gasteiger partial charge in [-0.25, -0.2) is 9.78 Å². The van der Waals surface area contributed by atoms with E-state index in [0.29, 0.717) is 32.8 Å². The lowest BCUT2D eigenvalue weighted by Crippen LogP contribution is -2.51. The van der Waals surface area contributed by atoms with Crippen molar-refractivity contribution in [3.8, 4) is 17.3 Å². The van der Waals surface area contributed by atoms with E-state index in [1.807, 2.05) is 19.2 Å². The maximum Gasteiger partial charge on any atom is 0.410 e. The molecule has 2 aliphatic rings. The summed E-state index contributed by atoms with van der Waals surface area (Å²) in [6, 6.07) is 6.33. The molecule has 0 aliphatic carbocycles. The van der Waals surface area contributed by atoms with Crippen molar-refractivity contribution in [2.24, 2.45) is 5.92 Å². The van der Waals surface area contributed by atoms with Crippen LogP contribution in [0.1, 0.15) is 6.92 Å². The molecule has 2 aliphatic heterocycles. The Hall–Kier alpha value is -3.58.